The van der Waals surface area contributed by atoms with Crippen LogP contribution in [0.2, 0.25) is 0 Å². The van der Waals surface area contributed by atoms with Crippen molar-refractivity contribution in [3.05, 3.63) is 64.2 Å². The SMILES string of the molecule is O=C(COC(=O)C=Cc1cccc([N+](=O)[O-])c1)Nc1ccc2c(c1)OC(F)(F)O2. The number of carbonyl (C=O) groups excluding carboxylic acids is 2. The molecule has 2 aromatic carbocycles. The van der Waals surface area contributed by atoms with E-state index in [-0.39, 0.29) is 22.9 Å². The molecule has 150 valence electrons. The fraction of sp³-hybridized carbons (Fsp3) is 0.111. The third-order valence-corrected chi connectivity index (χ3v) is 3.52. The summed E-state index contributed by atoms with van der Waals surface area (Å²) >= 11 is 0. The van der Waals surface area contributed by atoms with Crippen LogP contribution in [0, 0.1) is 10.1 Å². The molecule has 11 heteroatoms. The first kappa shape index (κ1) is 19.7. The third kappa shape index (κ3) is 5.25. The van der Waals surface area contributed by atoms with Crippen LogP contribution in [-0.2, 0) is 14.3 Å². The smallest absolute Gasteiger partial charge is 0.452 e. The van der Waals surface area contributed by atoms with Gasteiger partial charge in [-0.3, -0.25) is 14.9 Å². The fourth-order valence-electron chi connectivity index (χ4n) is 2.31. The minimum atomic E-state index is -3.77. The molecule has 3 rings (SSSR count). The van der Waals surface area contributed by atoms with Gasteiger partial charge < -0.3 is 19.5 Å². The number of hydrogen-bond donors (Lipinski definition) is 1. The molecular formula is C18H12F2N2O7. The van der Waals surface area contributed by atoms with Gasteiger partial charge >= 0.3 is 12.3 Å². The summed E-state index contributed by atoms with van der Waals surface area (Å²) in [4.78, 5) is 33.6. The summed E-state index contributed by atoms with van der Waals surface area (Å²) < 4.78 is 39.2. The second-order valence-electron chi connectivity index (χ2n) is 5.67. The topological polar surface area (TPSA) is 117 Å². The number of rotatable bonds is 6. The average molecular weight is 406 g/mol. The Bertz CT molecular complexity index is 1010. The van der Waals surface area contributed by atoms with Crippen LogP contribution >= 0.6 is 0 Å². The number of halogens is 2. The summed E-state index contributed by atoms with van der Waals surface area (Å²) in [5, 5.41) is 13.1. The lowest BCUT2D eigenvalue weighted by Crippen LogP contribution is -2.25. The van der Waals surface area contributed by atoms with E-state index in [0.29, 0.717) is 5.56 Å². The normalized spacial score (nSPS) is 13.9. The quantitative estimate of drug-likeness (QED) is 0.339. The highest BCUT2D eigenvalue weighted by molar-refractivity contribution is 5.94. The molecule has 0 radical (unpaired) electrons. The Balaban J connectivity index is 1.50. The van der Waals surface area contributed by atoms with E-state index in [1.165, 1.54) is 36.4 Å². The molecule has 29 heavy (non-hydrogen) atoms. The van der Waals surface area contributed by atoms with Crippen LogP contribution < -0.4 is 14.8 Å². The molecule has 0 spiro atoms. The van der Waals surface area contributed by atoms with Crippen LogP contribution in [0.5, 0.6) is 11.5 Å². The van der Waals surface area contributed by atoms with Gasteiger partial charge in [-0.05, 0) is 23.8 Å². The molecule has 0 fully saturated rings. The Kier molecular flexibility index (Phi) is 5.39. The zero-order valence-corrected chi connectivity index (χ0v) is 14.5. The summed E-state index contributed by atoms with van der Waals surface area (Å²) in [6, 6.07) is 9.21. The van der Waals surface area contributed by atoms with E-state index in [1.807, 2.05) is 0 Å². The molecule has 1 N–H and O–H groups in total. The van der Waals surface area contributed by atoms with Crippen LogP contribution in [0.3, 0.4) is 0 Å². The van der Waals surface area contributed by atoms with Crippen molar-refractivity contribution >= 4 is 29.3 Å². The molecule has 1 amide bonds. The Morgan fingerprint density at radius 2 is 1.93 bits per heavy atom. The van der Waals surface area contributed by atoms with Crippen molar-refractivity contribution < 1.29 is 37.5 Å². The first-order chi connectivity index (χ1) is 13.7. The molecule has 0 aromatic heterocycles. The minimum Gasteiger partial charge on any atom is -0.452 e. The van der Waals surface area contributed by atoms with Gasteiger partial charge in [-0.15, -0.1) is 8.78 Å². The Labute approximate surface area is 161 Å². The lowest BCUT2D eigenvalue weighted by Gasteiger charge is -2.06. The molecule has 0 atom stereocenters. The van der Waals surface area contributed by atoms with Crippen molar-refractivity contribution in [1.29, 1.82) is 0 Å². The number of nitro benzene ring substituents is 1. The van der Waals surface area contributed by atoms with E-state index < -0.39 is 29.7 Å². The Morgan fingerprint density at radius 1 is 1.17 bits per heavy atom. The monoisotopic (exact) mass is 406 g/mol. The van der Waals surface area contributed by atoms with Crippen molar-refractivity contribution in [3.8, 4) is 11.5 Å². The van der Waals surface area contributed by atoms with Gasteiger partial charge in [0.05, 0.1) is 4.92 Å². The lowest BCUT2D eigenvalue weighted by molar-refractivity contribution is -0.384. The second kappa shape index (κ2) is 7.92. The number of nitrogens with one attached hydrogen (secondary N) is 1. The maximum Gasteiger partial charge on any atom is 0.586 e. The van der Waals surface area contributed by atoms with Gasteiger partial charge in [-0.1, -0.05) is 12.1 Å². The van der Waals surface area contributed by atoms with Crippen molar-refractivity contribution in [2.45, 2.75) is 6.29 Å². The number of non-ortho nitro benzene ring substituents is 1. The molecule has 1 aliphatic rings. The maximum atomic E-state index is 13.0. The van der Waals surface area contributed by atoms with Crippen molar-refractivity contribution in [2.24, 2.45) is 0 Å². The van der Waals surface area contributed by atoms with Crippen LogP contribution in [0.25, 0.3) is 6.08 Å². The van der Waals surface area contributed by atoms with Crippen LogP contribution in [0.1, 0.15) is 5.56 Å². The van der Waals surface area contributed by atoms with E-state index in [1.54, 1.807) is 6.07 Å². The average Bonchev–Trinajstić information content (AvgIpc) is 2.98. The number of anilines is 1. The maximum absolute atomic E-state index is 13.0. The number of amides is 1. The molecule has 0 bridgehead atoms. The van der Waals surface area contributed by atoms with Gasteiger partial charge in [0.15, 0.2) is 18.1 Å². The number of fused-ring (bicyclic) bond motifs is 1. The number of nitro groups is 1. The lowest BCUT2D eigenvalue weighted by atomic mass is 10.2. The highest BCUT2D eigenvalue weighted by Gasteiger charge is 2.43. The highest BCUT2D eigenvalue weighted by Crippen LogP contribution is 2.42. The number of alkyl halides is 2. The van der Waals surface area contributed by atoms with Crippen LogP contribution in [-0.4, -0.2) is 29.7 Å². The fourth-order valence-corrected chi connectivity index (χ4v) is 2.31. The van der Waals surface area contributed by atoms with Crippen molar-refractivity contribution in [1.82, 2.24) is 0 Å². The Morgan fingerprint density at radius 3 is 2.69 bits per heavy atom. The molecule has 0 unspecified atom stereocenters. The standard InChI is InChI=1S/C18H12F2N2O7/c19-18(20)28-14-6-5-12(9-15(14)29-18)21-16(23)10-27-17(24)7-4-11-2-1-3-13(8-11)22(25)26/h1-9H,10H2,(H,21,23). The summed E-state index contributed by atoms with van der Waals surface area (Å²) in [5.74, 6) is -1.99. The summed E-state index contributed by atoms with van der Waals surface area (Å²) in [7, 11) is 0. The third-order valence-electron chi connectivity index (χ3n) is 3.52. The number of hydrogen-bond acceptors (Lipinski definition) is 7. The van der Waals surface area contributed by atoms with Gasteiger partial charge in [0, 0.05) is 30.0 Å². The molecule has 2 aromatic rings. The predicted octanol–water partition coefficient (Wildman–Crippen LogP) is 3.11. The van der Waals surface area contributed by atoms with Gasteiger partial charge in [0.2, 0.25) is 0 Å². The first-order valence-corrected chi connectivity index (χ1v) is 8.01. The first-order valence-electron chi connectivity index (χ1n) is 8.01. The van der Waals surface area contributed by atoms with Gasteiger partial charge in [-0.2, -0.15) is 0 Å². The van der Waals surface area contributed by atoms with E-state index in [0.717, 1.165) is 12.1 Å². The van der Waals surface area contributed by atoms with Gasteiger partial charge in [0.25, 0.3) is 11.6 Å². The molecular weight excluding hydrogens is 394 g/mol. The van der Waals surface area contributed by atoms with E-state index in [9.17, 15) is 28.5 Å². The van der Waals surface area contributed by atoms with E-state index in [4.69, 9.17) is 4.74 Å². The second-order valence-corrected chi connectivity index (χ2v) is 5.67. The zero-order chi connectivity index (χ0) is 21.0. The highest BCUT2D eigenvalue weighted by atomic mass is 19.3. The van der Waals surface area contributed by atoms with Crippen LogP contribution in [0.4, 0.5) is 20.2 Å². The molecule has 0 saturated heterocycles. The van der Waals surface area contributed by atoms with Crippen molar-refractivity contribution in [2.75, 3.05) is 11.9 Å². The molecule has 1 heterocycles. The van der Waals surface area contributed by atoms with E-state index >= 15 is 0 Å². The molecule has 1 aliphatic heterocycles. The predicted molar refractivity (Wildman–Crippen MR) is 94.4 cm³/mol. The zero-order valence-electron chi connectivity index (χ0n) is 14.5. The summed E-state index contributed by atoms with van der Waals surface area (Å²) in [5.41, 5.74) is 0.400. The minimum absolute atomic E-state index is 0.137. The Hall–Kier alpha value is -4.02. The van der Waals surface area contributed by atoms with Crippen LogP contribution in [0.15, 0.2) is 48.5 Å². The van der Waals surface area contributed by atoms with Gasteiger partial charge in [0.1, 0.15) is 0 Å². The number of carbonyl (C=O) groups is 2. The van der Waals surface area contributed by atoms with Crippen molar-refractivity contribution in [3.63, 3.8) is 0 Å². The summed E-state index contributed by atoms with van der Waals surface area (Å²) in [6.07, 6.45) is -1.47. The summed E-state index contributed by atoms with van der Waals surface area (Å²) in [6.45, 7) is -0.636. The molecule has 0 aliphatic carbocycles. The molecule has 0 saturated carbocycles. The largest absolute Gasteiger partial charge is 0.586 e. The number of benzene rings is 2. The van der Waals surface area contributed by atoms with Gasteiger partial charge in [-0.25, -0.2) is 4.79 Å². The molecule has 9 nitrogen and oxygen atoms in total. The number of ether oxygens (including phenoxy) is 3. The van der Waals surface area contributed by atoms with E-state index in [2.05, 4.69) is 14.8 Å². The number of esters is 1. The number of nitrogens with zero attached hydrogens (tertiary/aromatic N) is 1.